The number of benzene rings is 2. The van der Waals surface area contributed by atoms with Gasteiger partial charge in [-0.05, 0) is 24.3 Å². The average molecular weight is 376 g/mol. The highest BCUT2D eigenvalue weighted by Crippen LogP contribution is 2.24. The molecule has 0 saturated heterocycles. The second kappa shape index (κ2) is 7.39. The number of rotatable bonds is 4. The van der Waals surface area contributed by atoms with Crippen LogP contribution in [-0.4, -0.2) is 20.9 Å². The van der Waals surface area contributed by atoms with Crippen molar-refractivity contribution in [3.8, 4) is 0 Å². The summed E-state index contributed by atoms with van der Waals surface area (Å²) in [4.78, 5) is 25.2. The summed E-state index contributed by atoms with van der Waals surface area (Å²) in [5.74, 6) is 0.122. The molecule has 2 aromatic carbocycles. The number of carbonyl (C=O) groups excluding carboxylic acids is 1. The van der Waals surface area contributed by atoms with E-state index in [1.165, 1.54) is 6.33 Å². The lowest BCUT2D eigenvalue weighted by Gasteiger charge is -2.10. The number of nitrogens with one attached hydrogen (secondary N) is 2. The molecule has 2 aromatic heterocycles. The number of pyridine rings is 1. The Hall–Kier alpha value is -3.51. The molecule has 4 aromatic rings. The number of carbonyl (C=O) groups is 1. The SMILES string of the molecule is O=C(Nc1cccc2cccnc12)c1cc(Nc2ccccc2Cl)ncn1. The maximum Gasteiger partial charge on any atom is 0.274 e. The van der Waals surface area contributed by atoms with Crippen molar-refractivity contribution in [1.29, 1.82) is 0 Å². The Bertz CT molecular complexity index is 1130. The first-order valence-corrected chi connectivity index (χ1v) is 8.57. The molecule has 0 radical (unpaired) electrons. The molecule has 0 unspecified atom stereocenters. The normalized spacial score (nSPS) is 10.6. The zero-order chi connectivity index (χ0) is 18.6. The van der Waals surface area contributed by atoms with Gasteiger partial charge in [0.1, 0.15) is 17.8 Å². The Kier molecular flexibility index (Phi) is 4.63. The molecule has 7 heteroatoms. The number of halogens is 1. The summed E-state index contributed by atoms with van der Waals surface area (Å²) in [7, 11) is 0. The topological polar surface area (TPSA) is 79.8 Å². The first-order chi connectivity index (χ1) is 13.2. The van der Waals surface area contributed by atoms with Gasteiger partial charge in [0.25, 0.3) is 5.91 Å². The highest BCUT2D eigenvalue weighted by atomic mass is 35.5. The number of hydrogen-bond donors (Lipinski definition) is 2. The van der Waals surface area contributed by atoms with Crippen molar-refractivity contribution in [3.63, 3.8) is 0 Å². The second-order valence-corrected chi connectivity index (χ2v) is 6.14. The lowest BCUT2D eigenvalue weighted by molar-refractivity contribution is 0.102. The number of para-hydroxylation sites is 2. The molecule has 27 heavy (non-hydrogen) atoms. The van der Waals surface area contributed by atoms with Crippen molar-refractivity contribution in [1.82, 2.24) is 15.0 Å². The van der Waals surface area contributed by atoms with Gasteiger partial charge in [0.2, 0.25) is 0 Å². The zero-order valence-corrected chi connectivity index (χ0v) is 14.8. The van der Waals surface area contributed by atoms with Gasteiger partial charge in [-0.1, -0.05) is 41.9 Å². The van der Waals surface area contributed by atoms with E-state index in [0.29, 0.717) is 22.2 Å². The summed E-state index contributed by atoms with van der Waals surface area (Å²) >= 11 is 6.15. The summed E-state index contributed by atoms with van der Waals surface area (Å²) in [6, 6.07) is 18.3. The van der Waals surface area contributed by atoms with Gasteiger partial charge in [0.05, 0.1) is 21.9 Å². The third-order valence-electron chi connectivity index (χ3n) is 3.92. The fourth-order valence-corrected chi connectivity index (χ4v) is 2.82. The predicted octanol–water partition coefficient (Wildman–Crippen LogP) is 4.67. The van der Waals surface area contributed by atoms with Gasteiger partial charge in [-0.15, -0.1) is 0 Å². The molecule has 6 nitrogen and oxygen atoms in total. The Morgan fingerprint density at radius 3 is 2.59 bits per heavy atom. The van der Waals surface area contributed by atoms with Crippen LogP contribution in [0.2, 0.25) is 5.02 Å². The minimum absolute atomic E-state index is 0.229. The number of fused-ring (bicyclic) bond motifs is 1. The van der Waals surface area contributed by atoms with Crippen LogP contribution in [0.15, 0.2) is 73.2 Å². The molecular formula is C20H14ClN5O. The summed E-state index contributed by atoms with van der Waals surface area (Å²) in [6.45, 7) is 0. The smallest absolute Gasteiger partial charge is 0.274 e. The summed E-state index contributed by atoms with van der Waals surface area (Å²) in [5, 5.41) is 7.45. The van der Waals surface area contributed by atoms with Crippen LogP contribution >= 0.6 is 11.6 Å². The minimum atomic E-state index is -0.349. The van der Waals surface area contributed by atoms with Crippen LogP contribution in [0.4, 0.5) is 17.2 Å². The highest BCUT2D eigenvalue weighted by Gasteiger charge is 2.12. The Morgan fingerprint density at radius 1 is 0.889 bits per heavy atom. The van der Waals surface area contributed by atoms with E-state index >= 15 is 0 Å². The van der Waals surface area contributed by atoms with Crippen molar-refractivity contribution in [2.45, 2.75) is 0 Å². The van der Waals surface area contributed by atoms with Crippen LogP contribution < -0.4 is 10.6 Å². The van der Waals surface area contributed by atoms with E-state index in [1.54, 1.807) is 24.4 Å². The van der Waals surface area contributed by atoms with Crippen LogP contribution in [0.3, 0.4) is 0 Å². The summed E-state index contributed by atoms with van der Waals surface area (Å²) < 4.78 is 0. The monoisotopic (exact) mass is 375 g/mol. The van der Waals surface area contributed by atoms with E-state index in [-0.39, 0.29) is 11.6 Å². The fraction of sp³-hybridized carbons (Fsp3) is 0. The third kappa shape index (κ3) is 3.70. The molecule has 2 N–H and O–H groups in total. The van der Waals surface area contributed by atoms with Crippen LogP contribution in [-0.2, 0) is 0 Å². The molecule has 4 rings (SSSR count). The van der Waals surface area contributed by atoms with Crippen molar-refractivity contribution in [3.05, 3.63) is 83.9 Å². The van der Waals surface area contributed by atoms with Gasteiger partial charge in [-0.3, -0.25) is 9.78 Å². The molecule has 0 aliphatic heterocycles. The molecule has 132 valence electrons. The van der Waals surface area contributed by atoms with Gasteiger partial charge in [0, 0.05) is 17.6 Å². The summed E-state index contributed by atoms with van der Waals surface area (Å²) in [5.41, 5.74) is 2.27. The molecule has 0 saturated carbocycles. The molecule has 0 aliphatic rings. The summed E-state index contributed by atoms with van der Waals surface area (Å²) in [6.07, 6.45) is 3.02. The molecule has 2 heterocycles. The largest absolute Gasteiger partial charge is 0.339 e. The molecule has 0 atom stereocenters. The van der Waals surface area contributed by atoms with Crippen LogP contribution in [0.5, 0.6) is 0 Å². The van der Waals surface area contributed by atoms with Gasteiger partial charge in [-0.2, -0.15) is 0 Å². The standard InChI is InChI=1S/C20H14ClN5O/c21-14-7-1-2-8-15(14)25-18-11-17(23-12-24-18)20(27)26-16-9-3-5-13-6-4-10-22-19(13)16/h1-12H,(H,26,27)(H,23,24,25). The predicted molar refractivity (Wildman–Crippen MR) is 106 cm³/mol. The number of anilines is 3. The van der Waals surface area contributed by atoms with E-state index in [4.69, 9.17) is 11.6 Å². The van der Waals surface area contributed by atoms with Gasteiger partial charge in [0.15, 0.2) is 0 Å². The van der Waals surface area contributed by atoms with Gasteiger partial charge in [-0.25, -0.2) is 9.97 Å². The van der Waals surface area contributed by atoms with E-state index in [1.807, 2.05) is 42.5 Å². The molecular weight excluding hydrogens is 362 g/mol. The Balaban J connectivity index is 1.58. The molecule has 1 amide bonds. The molecule has 0 bridgehead atoms. The molecule has 0 aliphatic carbocycles. The maximum absolute atomic E-state index is 12.6. The average Bonchev–Trinajstić information content (AvgIpc) is 2.70. The fourth-order valence-electron chi connectivity index (χ4n) is 2.64. The minimum Gasteiger partial charge on any atom is -0.339 e. The zero-order valence-electron chi connectivity index (χ0n) is 14.1. The van der Waals surface area contributed by atoms with Gasteiger partial charge < -0.3 is 10.6 Å². The van der Waals surface area contributed by atoms with Crippen LogP contribution in [0, 0.1) is 0 Å². The Morgan fingerprint density at radius 2 is 1.70 bits per heavy atom. The maximum atomic E-state index is 12.6. The van der Waals surface area contributed by atoms with Crippen molar-refractivity contribution in [2.75, 3.05) is 10.6 Å². The second-order valence-electron chi connectivity index (χ2n) is 5.73. The van der Waals surface area contributed by atoms with Crippen molar-refractivity contribution >= 4 is 45.6 Å². The number of amides is 1. The number of hydrogen-bond acceptors (Lipinski definition) is 5. The van der Waals surface area contributed by atoms with E-state index < -0.39 is 0 Å². The van der Waals surface area contributed by atoms with Crippen LogP contribution in [0.1, 0.15) is 10.5 Å². The van der Waals surface area contributed by atoms with Crippen molar-refractivity contribution < 1.29 is 4.79 Å². The highest BCUT2D eigenvalue weighted by molar-refractivity contribution is 6.33. The molecule has 0 fully saturated rings. The lowest BCUT2D eigenvalue weighted by atomic mass is 10.2. The molecule has 0 spiro atoms. The number of aromatic nitrogens is 3. The van der Waals surface area contributed by atoms with Gasteiger partial charge >= 0.3 is 0 Å². The lowest BCUT2D eigenvalue weighted by Crippen LogP contribution is -2.14. The Labute approximate surface area is 160 Å². The quantitative estimate of drug-likeness (QED) is 0.541. The van der Waals surface area contributed by atoms with Crippen LogP contribution in [0.25, 0.3) is 10.9 Å². The third-order valence-corrected chi connectivity index (χ3v) is 4.25. The van der Waals surface area contributed by atoms with E-state index in [9.17, 15) is 4.79 Å². The van der Waals surface area contributed by atoms with E-state index in [2.05, 4.69) is 25.6 Å². The van der Waals surface area contributed by atoms with E-state index in [0.717, 1.165) is 10.9 Å². The first kappa shape index (κ1) is 16.9. The number of nitrogens with zero attached hydrogens (tertiary/aromatic N) is 3. The first-order valence-electron chi connectivity index (χ1n) is 8.19. The van der Waals surface area contributed by atoms with Crippen molar-refractivity contribution in [2.24, 2.45) is 0 Å².